The highest BCUT2D eigenvalue weighted by Crippen LogP contribution is 2.31. The maximum atomic E-state index is 14.5. The summed E-state index contributed by atoms with van der Waals surface area (Å²) in [5, 5.41) is 8.31. The van der Waals surface area contributed by atoms with Crippen molar-refractivity contribution in [1.29, 1.82) is 0 Å². The highest BCUT2D eigenvalue weighted by molar-refractivity contribution is 6.31. The second kappa shape index (κ2) is 12.4. The van der Waals surface area contributed by atoms with Gasteiger partial charge in [0.15, 0.2) is 5.82 Å². The summed E-state index contributed by atoms with van der Waals surface area (Å²) < 4.78 is 52.9. The van der Waals surface area contributed by atoms with Gasteiger partial charge in [0.1, 0.15) is 5.82 Å². The van der Waals surface area contributed by atoms with E-state index in [1.54, 1.807) is 6.07 Å². The number of hydrogen-bond acceptors (Lipinski definition) is 6. The van der Waals surface area contributed by atoms with E-state index in [2.05, 4.69) is 32.5 Å². The lowest BCUT2D eigenvalue weighted by atomic mass is 10.1. The molecule has 1 heterocycles. The molecule has 0 bridgehead atoms. The zero-order valence-electron chi connectivity index (χ0n) is 20.1. The third-order valence-electron chi connectivity index (χ3n) is 5.18. The molecule has 0 aliphatic carbocycles. The van der Waals surface area contributed by atoms with Crippen LogP contribution in [-0.4, -0.2) is 41.9 Å². The van der Waals surface area contributed by atoms with Crippen molar-refractivity contribution in [1.82, 2.24) is 15.3 Å². The van der Waals surface area contributed by atoms with Crippen LogP contribution in [0.25, 0.3) is 0 Å². The van der Waals surface area contributed by atoms with Crippen LogP contribution in [-0.2, 0) is 11.0 Å². The molecule has 0 aliphatic heterocycles. The number of carbonyl (C=O) groups excluding carboxylic acids is 2. The number of likely N-dealkylation sites (N-methyl/N-ethyl adjacent to an activating group) is 1. The van der Waals surface area contributed by atoms with Crippen LogP contribution >= 0.6 is 11.6 Å². The van der Waals surface area contributed by atoms with E-state index in [0.29, 0.717) is 24.5 Å². The first kappa shape index (κ1) is 28.4. The van der Waals surface area contributed by atoms with Gasteiger partial charge in [-0.25, -0.2) is 9.37 Å². The molecule has 200 valence electrons. The molecule has 2 aromatic carbocycles. The number of nitrogens with zero attached hydrogens (tertiary/aromatic N) is 3. The van der Waals surface area contributed by atoms with E-state index in [0.717, 1.165) is 23.1 Å². The van der Waals surface area contributed by atoms with Gasteiger partial charge in [0, 0.05) is 37.6 Å². The summed E-state index contributed by atoms with van der Waals surface area (Å²) in [7, 11) is 1.39. The minimum absolute atomic E-state index is 0.0514. The maximum Gasteiger partial charge on any atom is 0.416 e. The molecule has 2 amide bonds. The number of anilines is 4. The molecule has 8 nitrogen and oxygen atoms in total. The van der Waals surface area contributed by atoms with Gasteiger partial charge in [-0.05, 0) is 48.9 Å². The summed E-state index contributed by atoms with van der Waals surface area (Å²) in [6, 6.07) is 8.48. The Morgan fingerprint density at radius 2 is 1.92 bits per heavy atom. The third-order valence-corrected chi connectivity index (χ3v) is 5.45. The van der Waals surface area contributed by atoms with Gasteiger partial charge in [0.2, 0.25) is 11.9 Å². The van der Waals surface area contributed by atoms with Gasteiger partial charge in [-0.15, -0.1) is 0 Å². The van der Waals surface area contributed by atoms with E-state index in [1.807, 2.05) is 0 Å². The largest absolute Gasteiger partial charge is 0.416 e. The summed E-state index contributed by atoms with van der Waals surface area (Å²) in [5.41, 5.74) is -0.658. The maximum absolute atomic E-state index is 14.5. The number of carbonyl (C=O) groups is 2. The summed E-state index contributed by atoms with van der Waals surface area (Å²) in [5.74, 6) is -1.29. The smallest absolute Gasteiger partial charge is 0.354 e. The summed E-state index contributed by atoms with van der Waals surface area (Å²) >= 11 is 5.99. The minimum atomic E-state index is -4.53. The Balaban J connectivity index is 1.54. The summed E-state index contributed by atoms with van der Waals surface area (Å²) in [6.45, 7) is 3.94. The van der Waals surface area contributed by atoms with Crippen molar-refractivity contribution in [3.8, 4) is 0 Å². The number of rotatable bonds is 10. The molecule has 3 aromatic rings. The first-order chi connectivity index (χ1) is 18.0. The van der Waals surface area contributed by atoms with Crippen molar-refractivity contribution in [3.05, 3.63) is 83.3 Å². The van der Waals surface area contributed by atoms with Crippen molar-refractivity contribution in [3.63, 3.8) is 0 Å². The molecule has 38 heavy (non-hydrogen) atoms. The molecule has 0 atom stereocenters. The summed E-state index contributed by atoms with van der Waals surface area (Å²) in [6.07, 6.45) is -1.57. The van der Waals surface area contributed by atoms with Crippen molar-refractivity contribution >= 4 is 46.6 Å². The van der Waals surface area contributed by atoms with Crippen LogP contribution in [0.15, 0.2) is 61.3 Å². The van der Waals surface area contributed by atoms with Crippen LogP contribution in [0, 0.1) is 5.82 Å². The van der Waals surface area contributed by atoms with Gasteiger partial charge in [0.05, 0.1) is 16.3 Å². The number of halogens is 5. The van der Waals surface area contributed by atoms with Gasteiger partial charge < -0.3 is 20.9 Å². The molecule has 1 aromatic heterocycles. The average Bonchev–Trinajstić information content (AvgIpc) is 2.89. The lowest BCUT2D eigenvalue weighted by Gasteiger charge is -2.18. The molecule has 13 heteroatoms. The van der Waals surface area contributed by atoms with E-state index in [1.165, 1.54) is 37.5 Å². The molecule has 0 aliphatic rings. The fourth-order valence-corrected chi connectivity index (χ4v) is 3.45. The van der Waals surface area contributed by atoms with Crippen molar-refractivity contribution in [2.45, 2.75) is 12.6 Å². The Morgan fingerprint density at radius 1 is 1.16 bits per heavy atom. The van der Waals surface area contributed by atoms with Gasteiger partial charge in [0.25, 0.3) is 5.91 Å². The zero-order valence-corrected chi connectivity index (χ0v) is 20.8. The minimum Gasteiger partial charge on any atom is -0.354 e. The van der Waals surface area contributed by atoms with Gasteiger partial charge >= 0.3 is 6.18 Å². The molecule has 0 spiro atoms. The normalized spacial score (nSPS) is 11.0. The van der Waals surface area contributed by atoms with Crippen LogP contribution in [0.3, 0.4) is 0 Å². The topological polar surface area (TPSA) is 99.3 Å². The SMILES string of the molecule is C=CC(=O)N(C)c1cc(Nc2ccnc(NCCCNC(=O)c3cccc(C(F)(F)F)c3)n2)cc(Cl)c1F. The Labute approximate surface area is 220 Å². The van der Waals surface area contributed by atoms with Crippen molar-refractivity contribution in [2.75, 3.05) is 35.7 Å². The van der Waals surface area contributed by atoms with E-state index >= 15 is 0 Å². The van der Waals surface area contributed by atoms with Crippen LogP contribution in [0.4, 0.5) is 40.7 Å². The first-order valence-corrected chi connectivity index (χ1v) is 11.6. The standard InChI is InChI=1S/C25H23ClF4N6O2/c1-3-21(37)36(2)19-14-17(13-18(26)22(19)27)34-20-8-11-33-24(35-20)32-10-5-9-31-23(38)15-6-4-7-16(12-15)25(28,29)30/h3-4,6-8,11-14H,1,5,9-10H2,2H3,(H,31,38)(H2,32,33,34,35). The highest BCUT2D eigenvalue weighted by atomic mass is 35.5. The fraction of sp³-hybridized carbons (Fsp3) is 0.200. The lowest BCUT2D eigenvalue weighted by Crippen LogP contribution is -2.26. The van der Waals surface area contributed by atoms with E-state index in [4.69, 9.17) is 11.6 Å². The van der Waals surface area contributed by atoms with E-state index < -0.39 is 29.4 Å². The second-order valence-electron chi connectivity index (χ2n) is 7.90. The molecule has 0 radical (unpaired) electrons. The molecule has 0 fully saturated rings. The second-order valence-corrected chi connectivity index (χ2v) is 8.31. The van der Waals surface area contributed by atoms with Crippen molar-refractivity contribution < 1.29 is 27.2 Å². The number of alkyl halides is 3. The predicted octanol–water partition coefficient (Wildman–Crippen LogP) is 5.41. The number of amides is 2. The van der Waals surface area contributed by atoms with Crippen molar-refractivity contribution in [2.24, 2.45) is 0 Å². The van der Waals surface area contributed by atoms with Gasteiger partial charge in [-0.2, -0.15) is 18.2 Å². The molecular weight excluding hydrogens is 528 g/mol. The Morgan fingerprint density at radius 3 is 2.63 bits per heavy atom. The van der Waals surface area contributed by atoms with E-state index in [-0.39, 0.29) is 28.8 Å². The summed E-state index contributed by atoms with van der Waals surface area (Å²) in [4.78, 5) is 33.5. The number of benzene rings is 2. The molecule has 0 unspecified atom stereocenters. The quantitative estimate of drug-likeness (QED) is 0.177. The average molecular weight is 551 g/mol. The first-order valence-electron chi connectivity index (χ1n) is 11.2. The molecular formula is C25H23ClF4N6O2. The number of hydrogen-bond donors (Lipinski definition) is 3. The predicted molar refractivity (Wildman–Crippen MR) is 137 cm³/mol. The van der Waals surface area contributed by atoms with Gasteiger partial charge in [-0.3, -0.25) is 9.59 Å². The Hall–Kier alpha value is -4.19. The Kier molecular flexibility index (Phi) is 9.24. The fourth-order valence-electron chi connectivity index (χ4n) is 3.24. The number of nitrogens with one attached hydrogen (secondary N) is 3. The molecule has 3 rings (SSSR count). The monoisotopic (exact) mass is 550 g/mol. The van der Waals surface area contributed by atoms with Crippen LogP contribution in [0.2, 0.25) is 5.02 Å². The number of aromatic nitrogens is 2. The lowest BCUT2D eigenvalue weighted by molar-refractivity contribution is -0.137. The Bertz CT molecular complexity index is 1340. The van der Waals surface area contributed by atoms with E-state index in [9.17, 15) is 27.2 Å². The van der Waals surface area contributed by atoms with Gasteiger partial charge in [-0.1, -0.05) is 24.2 Å². The molecule has 0 saturated heterocycles. The van der Waals surface area contributed by atoms with Crippen LogP contribution in [0.1, 0.15) is 22.3 Å². The zero-order chi connectivity index (χ0) is 27.9. The highest BCUT2D eigenvalue weighted by Gasteiger charge is 2.30. The third kappa shape index (κ3) is 7.42. The molecule has 0 saturated carbocycles. The van der Waals surface area contributed by atoms with Crippen LogP contribution < -0.4 is 20.9 Å². The molecule has 3 N–H and O–H groups in total. The van der Waals surface area contributed by atoms with Crippen LogP contribution in [0.5, 0.6) is 0 Å².